The van der Waals surface area contributed by atoms with Gasteiger partial charge in [-0.1, -0.05) is 249 Å². The van der Waals surface area contributed by atoms with Gasteiger partial charge in [0.25, 0.3) is 6.71 Å². The van der Waals surface area contributed by atoms with E-state index in [4.69, 9.17) is 0 Å². The van der Waals surface area contributed by atoms with E-state index < -0.39 is 47.1 Å². The van der Waals surface area contributed by atoms with Crippen molar-refractivity contribution >= 4 is 177 Å². The van der Waals surface area contributed by atoms with Gasteiger partial charge in [0.2, 0.25) is 0 Å². The summed E-state index contributed by atoms with van der Waals surface area (Å²) in [6, 6.07) is 70.0. The van der Waals surface area contributed by atoms with Gasteiger partial charge in [-0.05, 0) is 228 Å². The Bertz CT molecular complexity index is 8110. The zero-order valence-electron chi connectivity index (χ0n) is 82.4. The predicted molar refractivity (Wildman–Crippen MR) is 503 cm³/mol. The topological polar surface area (TPSA) is 25.2 Å². The molecule has 0 saturated heterocycles. The molecule has 6 aromatic heterocycles. The molecule has 0 atom stereocenters. The van der Waals surface area contributed by atoms with E-state index in [1.807, 2.05) is 53.7 Å². The Labute approximate surface area is 703 Å². The van der Waals surface area contributed by atoms with Crippen molar-refractivity contribution < 1.29 is 19.2 Å². The lowest BCUT2D eigenvalue weighted by molar-refractivity contribution is 0.590. The first kappa shape index (κ1) is 56.4. The number of hydrogen-bond donors (Lipinski definition) is 0. The highest BCUT2D eigenvalue weighted by atomic mass is 15.2. The molecule has 0 N–H and O–H groups in total. The number of benzene rings is 15. The molecule has 0 fully saturated rings. The molecule has 0 saturated carbocycles. The SMILES string of the molecule is [2H]c1c([2H])c([2H])c2c(c1[2H])c1c([2H])c(C(C)(C)C)c([2H])c([2H])c1n2-c1ccc2c(c1)N(c1ccc(C(C)(C)C)cc1-c1cc3c4ccccc4n4c5ccccc5c(c1)c34)c1cc(C(C)(C)C)cc3c1B2c1ccc(-n2c4c([2H])c([2H])c([2H])c([2H])c4c4c([2H])c(C(C)(C)C)c([2H])c([2H])c42)cc1N3c1ccc(C(C)(C)C)cc1-c1cc2c3ccccc3n3c4ccccc4c(c1)c23. The van der Waals surface area contributed by atoms with E-state index in [2.05, 4.69) is 275 Å². The van der Waals surface area contributed by atoms with Crippen molar-refractivity contribution in [3.05, 3.63) is 319 Å². The van der Waals surface area contributed by atoms with Gasteiger partial charge in [0.15, 0.2) is 0 Å². The zero-order chi connectivity index (χ0) is 91.9. The van der Waals surface area contributed by atoms with Crippen molar-refractivity contribution in [3.8, 4) is 33.6 Å². The van der Waals surface area contributed by atoms with E-state index in [0.717, 1.165) is 154 Å². The van der Waals surface area contributed by atoms with E-state index in [1.165, 1.54) is 0 Å². The number of para-hydroxylation sites is 6. The number of hydrogen-bond acceptors (Lipinski definition) is 2. The van der Waals surface area contributed by atoms with Crippen LogP contribution in [0, 0.1) is 0 Å². The maximum Gasteiger partial charge on any atom is 0.252 e. The number of aromatic nitrogens is 4. The molecule has 117 heavy (non-hydrogen) atoms. The number of anilines is 6. The van der Waals surface area contributed by atoms with E-state index in [9.17, 15) is 19.2 Å². The Kier molecular flexibility index (Phi) is 11.5. The summed E-state index contributed by atoms with van der Waals surface area (Å²) in [5, 5.41) is 9.17. The second kappa shape index (κ2) is 23.9. The van der Waals surface area contributed by atoms with Crippen LogP contribution >= 0.6 is 0 Å². The molecule has 0 spiro atoms. The van der Waals surface area contributed by atoms with Gasteiger partial charge in [0, 0.05) is 110 Å². The number of rotatable bonds is 6. The van der Waals surface area contributed by atoms with Crippen molar-refractivity contribution in [2.24, 2.45) is 0 Å². The Hall–Kier alpha value is -12.8. The predicted octanol–water partition coefficient (Wildman–Crippen LogP) is 28.1. The standard InChI is InChI=1S/C110H93BN6/c1-106(2,3)66-40-48-95(79(56-66)64-52-83-75-30-18-24-36-91(75)116-92-37-25-19-31-76(92)84(53-64)104(83)116)114-99-62-71(112-89-34-22-16-28-73(89)81-58-68(108(7,8)9)42-50-97(81)112)44-46-87(99)111-88-47-45-72(113-90-35-23-17-29-74(90)82-59-69(109(10,11)12)43-51-98(82)113)63-100(88)115(102-61-70(110(13,14)15)60-101(114)103(102)111)96-49-41-67(107(4,5)6)57-80(96)65-54-85-77-32-20-26-38-93(77)117-94-39-27-21-33-78(94)86(55-65)105(85)117/h16-63H,1-15H3/i16D,17D,22D,23D,28D,29D,34D,35D,42D,43D,50D,51D,58D,59D. The Morgan fingerprint density at radius 2 is 0.598 bits per heavy atom. The van der Waals surface area contributed by atoms with E-state index in [0.29, 0.717) is 22.7 Å². The molecule has 2 aliphatic heterocycles. The van der Waals surface area contributed by atoms with Crippen LogP contribution in [0.3, 0.4) is 0 Å². The molecule has 0 aliphatic carbocycles. The summed E-state index contributed by atoms with van der Waals surface area (Å²) >= 11 is 0. The van der Waals surface area contributed by atoms with Crippen LogP contribution in [0.25, 0.3) is 153 Å². The minimum atomic E-state index is -0.842. The van der Waals surface area contributed by atoms with Crippen LogP contribution in [-0.2, 0) is 27.1 Å². The zero-order valence-corrected chi connectivity index (χ0v) is 68.4. The van der Waals surface area contributed by atoms with Crippen LogP contribution in [0.15, 0.2) is 291 Å². The quantitative estimate of drug-likeness (QED) is 0.155. The highest BCUT2D eigenvalue weighted by Crippen LogP contribution is 2.55. The molecule has 8 heterocycles. The molecular weight excluding hydrogens is 1420 g/mol. The fourth-order valence-corrected chi connectivity index (χ4v) is 19.6. The molecule has 0 radical (unpaired) electrons. The highest BCUT2D eigenvalue weighted by Gasteiger charge is 2.46. The molecule has 7 heteroatoms. The molecule has 23 rings (SSSR count). The smallest absolute Gasteiger partial charge is 0.252 e. The monoisotopic (exact) mass is 1520 g/mol. The second-order valence-electron chi connectivity index (χ2n) is 37.9. The second-order valence-corrected chi connectivity index (χ2v) is 37.9. The first-order chi connectivity index (χ1) is 62.1. The first-order valence-corrected chi connectivity index (χ1v) is 40.9. The summed E-state index contributed by atoms with van der Waals surface area (Å²) in [5.41, 5.74) is 19.1. The Balaban J connectivity index is 0.901. The first-order valence-electron chi connectivity index (χ1n) is 47.9. The van der Waals surface area contributed by atoms with Crippen LogP contribution in [0.1, 0.15) is 151 Å². The molecular formula is C110H93BN6. The lowest BCUT2D eigenvalue weighted by atomic mass is 9.33. The van der Waals surface area contributed by atoms with E-state index in [1.54, 1.807) is 9.13 Å². The lowest BCUT2D eigenvalue weighted by Gasteiger charge is -2.46. The van der Waals surface area contributed by atoms with Gasteiger partial charge < -0.3 is 27.7 Å². The molecule has 21 aromatic rings. The van der Waals surface area contributed by atoms with E-state index >= 15 is 0 Å². The summed E-state index contributed by atoms with van der Waals surface area (Å²) in [6.45, 7) is 30.7. The van der Waals surface area contributed by atoms with Gasteiger partial charge >= 0.3 is 0 Å². The fraction of sp³-hybridized carbons (Fsp3) is 0.182. The van der Waals surface area contributed by atoms with Crippen molar-refractivity contribution in [1.29, 1.82) is 0 Å². The molecule has 0 bridgehead atoms. The van der Waals surface area contributed by atoms with Crippen molar-refractivity contribution in [2.45, 2.75) is 131 Å². The van der Waals surface area contributed by atoms with Gasteiger partial charge in [-0.2, -0.15) is 0 Å². The van der Waals surface area contributed by atoms with Crippen LogP contribution in [-0.4, -0.2) is 24.6 Å². The molecule has 15 aromatic carbocycles. The van der Waals surface area contributed by atoms with Crippen molar-refractivity contribution in [3.63, 3.8) is 0 Å². The highest BCUT2D eigenvalue weighted by molar-refractivity contribution is 7.00. The third kappa shape index (κ3) is 9.99. The summed E-state index contributed by atoms with van der Waals surface area (Å²) in [5.74, 6) is 0. The molecule has 0 unspecified atom stereocenters. The maximum atomic E-state index is 10.4. The number of nitrogens with zero attached hydrogens (tertiary/aromatic N) is 6. The van der Waals surface area contributed by atoms with Crippen LogP contribution in [0.4, 0.5) is 34.1 Å². The van der Waals surface area contributed by atoms with Crippen LogP contribution in [0.2, 0.25) is 0 Å². The summed E-state index contributed by atoms with van der Waals surface area (Å²) < 4.78 is 147. The molecule has 2 aliphatic rings. The summed E-state index contributed by atoms with van der Waals surface area (Å²) in [6.07, 6.45) is 0. The van der Waals surface area contributed by atoms with Gasteiger partial charge in [-0.25, -0.2) is 0 Å². The fourth-order valence-electron chi connectivity index (χ4n) is 19.6. The molecule has 566 valence electrons. The van der Waals surface area contributed by atoms with Crippen LogP contribution < -0.4 is 26.2 Å². The normalized spacial score (nSPS) is 15.4. The molecule has 0 amide bonds. The van der Waals surface area contributed by atoms with Crippen molar-refractivity contribution in [1.82, 2.24) is 17.9 Å². The van der Waals surface area contributed by atoms with Crippen molar-refractivity contribution in [2.75, 3.05) is 9.80 Å². The maximum absolute atomic E-state index is 10.4. The number of fused-ring (bicyclic) bond motifs is 22. The van der Waals surface area contributed by atoms with Gasteiger partial charge in [-0.15, -0.1) is 0 Å². The minimum Gasteiger partial charge on any atom is -0.311 e. The lowest BCUT2D eigenvalue weighted by Crippen LogP contribution is -2.61. The Morgan fingerprint density at radius 3 is 0.957 bits per heavy atom. The largest absolute Gasteiger partial charge is 0.311 e. The minimum absolute atomic E-state index is 0.0530. The van der Waals surface area contributed by atoms with E-state index in [-0.39, 0.29) is 126 Å². The third-order valence-electron chi connectivity index (χ3n) is 25.5. The van der Waals surface area contributed by atoms with Gasteiger partial charge in [-0.3, -0.25) is 0 Å². The average molecular weight is 1520 g/mol. The summed E-state index contributed by atoms with van der Waals surface area (Å²) in [7, 11) is 0. The van der Waals surface area contributed by atoms with Gasteiger partial charge in [0.1, 0.15) is 0 Å². The average Bonchev–Trinajstić information content (AvgIpc) is 1.37. The summed E-state index contributed by atoms with van der Waals surface area (Å²) in [4.78, 5) is 4.79. The Morgan fingerprint density at radius 1 is 0.256 bits per heavy atom. The van der Waals surface area contributed by atoms with Gasteiger partial charge in [0.05, 0.1) is 85.7 Å². The van der Waals surface area contributed by atoms with Crippen LogP contribution in [0.5, 0.6) is 0 Å². The third-order valence-corrected chi connectivity index (χ3v) is 25.5. The molecule has 6 nitrogen and oxygen atoms in total.